The predicted octanol–water partition coefficient (Wildman–Crippen LogP) is 3.16. The molecule has 0 unspecified atom stereocenters. The Kier molecular flexibility index (Phi) is 10.2. The monoisotopic (exact) mass is 727 g/mol. The number of benzene rings is 1. The van der Waals surface area contributed by atoms with E-state index in [-0.39, 0.29) is 38.9 Å². The number of alkyl halides is 3. The maximum atomic E-state index is 14.3. The van der Waals surface area contributed by atoms with E-state index in [9.17, 15) is 45.2 Å². The van der Waals surface area contributed by atoms with Gasteiger partial charge < -0.3 is 20.3 Å². The third-order valence-corrected chi connectivity index (χ3v) is 11.9. The molecule has 17 heteroatoms. The highest BCUT2D eigenvalue weighted by molar-refractivity contribution is 7.91. The molecule has 2 aliphatic carbocycles. The normalized spacial score (nSPS) is 28.9. The van der Waals surface area contributed by atoms with Crippen LogP contribution >= 0.6 is 0 Å². The van der Waals surface area contributed by atoms with Gasteiger partial charge in [-0.2, -0.15) is 13.2 Å². The lowest BCUT2D eigenvalue weighted by Crippen LogP contribution is -2.58. The summed E-state index contributed by atoms with van der Waals surface area (Å²) < 4.78 is 86.6. The zero-order chi connectivity index (χ0) is 35.8. The van der Waals surface area contributed by atoms with E-state index in [1.54, 1.807) is 12.1 Å². The van der Waals surface area contributed by atoms with Gasteiger partial charge in [0.05, 0.1) is 30.8 Å². The van der Waals surface area contributed by atoms with E-state index < -0.39 is 93.7 Å². The lowest BCUT2D eigenvalue weighted by molar-refractivity contribution is -0.142. The Hall–Kier alpha value is -3.73. The minimum Gasteiger partial charge on any atom is -0.444 e. The number of sulfonamides is 1. The molecule has 3 N–H and O–H groups in total. The van der Waals surface area contributed by atoms with Crippen LogP contribution in [0.25, 0.3) is 0 Å². The zero-order valence-corrected chi connectivity index (χ0v) is 28.2. The predicted molar refractivity (Wildman–Crippen MR) is 170 cm³/mol. The number of ether oxygens (including phenoxy) is 1. The number of halogens is 4. The van der Waals surface area contributed by atoms with Crippen LogP contribution in [0, 0.1) is 11.7 Å². The first-order valence-electron chi connectivity index (χ1n) is 17.0. The van der Waals surface area contributed by atoms with Crippen molar-refractivity contribution in [2.24, 2.45) is 5.92 Å². The molecule has 3 heterocycles. The summed E-state index contributed by atoms with van der Waals surface area (Å²) in [5, 5.41) is 4.74. The van der Waals surface area contributed by atoms with E-state index >= 15 is 0 Å². The van der Waals surface area contributed by atoms with Gasteiger partial charge in [0.2, 0.25) is 21.8 Å². The van der Waals surface area contributed by atoms with E-state index in [0.29, 0.717) is 49.7 Å². The molecule has 2 saturated carbocycles. The first-order valence-corrected chi connectivity index (χ1v) is 18.6. The van der Waals surface area contributed by atoms with Gasteiger partial charge in [0.25, 0.3) is 5.91 Å². The highest BCUT2D eigenvalue weighted by Crippen LogP contribution is 2.46. The number of rotatable bonds is 7. The van der Waals surface area contributed by atoms with Crippen LogP contribution in [-0.4, -0.2) is 90.3 Å². The minimum absolute atomic E-state index is 0.0401. The average molecular weight is 728 g/mol. The van der Waals surface area contributed by atoms with Crippen molar-refractivity contribution in [3.05, 3.63) is 47.3 Å². The molecule has 0 aromatic heterocycles. The second-order valence-electron chi connectivity index (χ2n) is 13.9. The SMILES string of the molecule is O=C1N[C@]2(C(=O)NS(=O)(=O)C3CC3)C[C@H]2C=CCCCCC[C@H](NCCC(F)(F)F)C(=O)N2C[C@H](OC(=O)N3Cc4cccc(F)c4C3)C[C@@H]12. The summed E-state index contributed by atoms with van der Waals surface area (Å²) in [5.74, 6) is -3.31. The molecule has 274 valence electrons. The van der Waals surface area contributed by atoms with E-state index in [0.717, 1.165) is 4.90 Å². The summed E-state index contributed by atoms with van der Waals surface area (Å²) in [6.07, 6.45) is -0.389. The number of carbonyl (C=O) groups excluding carboxylic acids is 4. The smallest absolute Gasteiger partial charge is 0.410 e. The molecular weight excluding hydrogens is 686 g/mol. The molecule has 5 aliphatic rings. The van der Waals surface area contributed by atoms with E-state index in [1.165, 1.54) is 17.0 Å². The van der Waals surface area contributed by atoms with Crippen molar-refractivity contribution in [3.63, 3.8) is 0 Å². The molecule has 5 atom stereocenters. The summed E-state index contributed by atoms with van der Waals surface area (Å²) in [4.78, 5) is 57.3. The van der Waals surface area contributed by atoms with Gasteiger partial charge in [0, 0.05) is 31.0 Å². The third kappa shape index (κ3) is 8.08. The van der Waals surface area contributed by atoms with Crippen molar-refractivity contribution in [2.75, 3.05) is 13.1 Å². The molecule has 1 aromatic rings. The van der Waals surface area contributed by atoms with Gasteiger partial charge in [-0.1, -0.05) is 37.1 Å². The molecule has 1 aromatic carbocycles. The molecule has 0 radical (unpaired) electrons. The van der Waals surface area contributed by atoms with Crippen LogP contribution in [0.15, 0.2) is 30.4 Å². The Morgan fingerprint density at radius 1 is 1.08 bits per heavy atom. The minimum atomic E-state index is -4.46. The molecule has 0 spiro atoms. The van der Waals surface area contributed by atoms with Crippen LogP contribution in [0.1, 0.15) is 75.3 Å². The fourth-order valence-electron chi connectivity index (χ4n) is 7.02. The number of nitrogens with zero attached hydrogens (tertiary/aromatic N) is 2. The van der Waals surface area contributed by atoms with Gasteiger partial charge in [-0.05, 0) is 50.2 Å². The van der Waals surface area contributed by atoms with Gasteiger partial charge in [0.1, 0.15) is 23.5 Å². The van der Waals surface area contributed by atoms with Crippen LogP contribution in [0.3, 0.4) is 0 Å². The molecule has 3 aliphatic heterocycles. The topological polar surface area (TPSA) is 154 Å². The lowest BCUT2D eigenvalue weighted by Gasteiger charge is -2.30. The fraction of sp³-hybridized carbons (Fsp3) is 0.636. The Morgan fingerprint density at radius 3 is 2.58 bits per heavy atom. The number of hydrogen-bond acceptors (Lipinski definition) is 8. The molecular formula is C33H41F4N5O7S. The fourth-order valence-corrected chi connectivity index (χ4v) is 8.38. The molecule has 12 nitrogen and oxygen atoms in total. The Balaban J connectivity index is 1.23. The molecule has 1 saturated heterocycles. The molecule has 0 bridgehead atoms. The van der Waals surface area contributed by atoms with Crippen LogP contribution < -0.4 is 15.4 Å². The average Bonchev–Trinajstić information content (AvgIpc) is 3.93. The van der Waals surface area contributed by atoms with Crippen molar-refractivity contribution in [2.45, 2.75) is 112 Å². The van der Waals surface area contributed by atoms with Gasteiger partial charge >= 0.3 is 12.3 Å². The summed E-state index contributed by atoms with van der Waals surface area (Å²) in [5.41, 5.74) is -0.635. The van der Waals surface area contributed by atoms with Gasteiger partial charge in [-0.3, -0.25) is 24.0 Å². The summed E-state index contributed by atoms with van der Waals surface area (Å²) in [6.45, 7) is -0.736. The van der Waals surface area contributed by atoms with Crippen molar-refractivity contribution >= 4 is 33.8 Å². The van der Waals surface area contributed by atoms with Crippen LogP contribution in [0.2, 0.25) is 0 Å². The molecule has 3 fully saturated rings. The van der Waals surface area contributed by atoms with Gasteiger partial charge in [-0.15, -0.1) is 0 Å². The second kappa shape index (κ2) is 14.1. The van der Waals surface area contributed by atoms with Crippen molar-refractivity contribution in [1.29, 1.82) is 0 Å². The van der Waals surface area contributed by atoms with E-state index in [2.05, 4.69) is 15.4 Å². The standard InChI is InChI=1S/C33H41F4N5O7S/c34-25-9-6-7-20-17-41(19-24(20)25)31(46)49-22-15-27-28(43)39-32(30(45)40-50(47,48)23-11-12-23)16-21(32)8-4-2-1-3-5-10-26(29(44)42(27)18-22)38-14-13-33(35,36)37/h4,6-9,21-23,26-27,38H,1-3,5,10-19H2,(H,39,43)(H,40,45)/t21-,22-,26+,27+,32-/m1/s1. The highest BCUT2D eigenvalue weighted by atomic mass is 32.2. The first kappa shape index (κ1) is 36.1. The highest BCUT2D eigenvalue weighted by Gasteiger charge is 2.62. The van der Waals surface area contributed by atoms with E-state index in [1.807, 2.05) is 6.08 Å². The lowest BCUT2D eigenvalue weighted by atomic mass is 10.0. The summed E-state index contributed by atoms with van der Waals surface area (Å²) >= 11 is 0. The second-order valence-corrected chi connectivity index (χ2v) is 15.8. The zero-order valence-electron chi connectivity index (χ0n) is 27.3. The Morgan fingerprint density at radius 2 is 1.86 bits per heavy atom. The van der Waals surface area contributed by atoms with Crippen LogP contribution in [0.4, 0.5) is 22.4 Å². The van der Waals surface area contributed by atoms with Crippen molar-refractivity contribution < 1.29 is 49.9 Å². The van der Waals surface area contributed by atoms with Crippen molar-refractivity contribution in [3.8, 4) is 0 Å². The third-order valence-electron chi connectivity index (χ3n) is 10.1. The Labute approximate surface area is 287 Å². The number of hydrogen-bond donors (Lipinski definition) is 3. The number of nitrogens with one attached hydrogen (secondary N) is 3. The quantitative estimate of drug-likeness (QED) is 0.286. The first-order chi connectivity index (χ1) is 23.7. The Bertz CT molecular complexity index is 1650. The maximum absolute atomic E-state index is 14.3. The van der Waals surface area contributed by atoms with Crippen LogP contribution in [0.5, 0.6) is 0 Å². The summed E-state index contributed by atoms with van der Waals surface area (Å²) in [7, 11) is -3.95. The number of amides is 4. The van der Waals surface area contributed by atoms with Gasteiger partial charge in [-0.25, -0.2) is 17.6 Å². The number of carbonyl (C=O) groups is 4. The molecule has 50 heavy (non-hydrogen) atoms. The summed E-state index contributed by atoms with van der Waals surface area (Å²) in [6, 6.07) is 2.14. The maximum Gasteiger partial charge on any atom is 0.410 e. The van der Waals surface area contributed by atoms with E-state index in [4.69, 9.17) is 4.74 Å². The van der Waals surface area contributed by atoms with Crippen LogP contribution in [-0.2, 0) is 42.2 Å². The van der Waals surface area contributed by atoms with Gasteiger partial charge in [0.15, 0.2) is 0 Å². The molecule has 6 rings (SSSR count). The largest absolute Gasteiger partial charge is 0.444 e. The number of fused-ring (bicyclic) bond motifs is 3. The van der Waals surface area contributed by atoms with Crippen molar-refractivity contribution in [1.82, 2.24) is 25.2 Å². The molecule has 4 amide bonds. The number of allylic oxidation sites excluding steroid dienone is 1.